The highest BCUT2D eigenvalue weighted by atomic mass is 16.7. The summed E-state index contributed by atoms with van der Waals surface area (Å²) in [4.78, 5) is 11.9. The van der Waals surface area contributed by atoms with E-state index in [4.69, 9.17) is 18.9 Å². The first kappa shape index (κ1) is 11.8. The third kappa shape index (κ3) is 1.63. The summed E-state index contributed by atoms with van der Waals surface area (Å²) in [5.74, 6) is -0.299. The summed E-state index contributed by atoms with van der Waals surface area (Å²) in [5.41, 5.74) is -1.47. The van der Waals surface area contributed by atoms with Crippen LogP contribution < -0.4 is 0 Å². The molecule has 0 saturated carbocycles. The maximum atomic E-state index is 11.9. The van der Waals surface area contributed by atoms with Crippen molar-refractivity contribution in [1.82, 2.24) is 0 Å². The molecule has 2 aliphatic rings. The van der Waals surface area contributed by atoms with E-state index in [0.717, 1.165) is 0 Å². The van der Waals surface area contributed by atoms with Gasteiger partial charge in [0.25, 0.3) is 0 Å². The molecule has 1 atom stereocenters. The largest absolute Gasteiger partial charge is 0.464 e. The molecule has 0 aromatic heterocycles. The Hall–Kier alpha value is -0.650. The number of hydrogen-bond acceptors (Lipinski definition) is 5. The lowest BCUT2D eigenvalue weighted by Crippen LogP contribution is -2.40. The Bertz CT molecular complexity index is 270. The van der Waals surface area contributed by atoms with Gasteiger partial charge in [-0.15, -0.1) is 0 Å². The maximum Gasteiger partial charge on any atom is 0.341 e. The summed E-state index contributed by atoms with van der Waals surface area (Å²) in [6.45, 7) is 5.97. The van der Waals surface area contributed by atoms with Gasteiger partial charge >= 0.3 is 5.97 Å². The van der Waals surface area contributed by atoms with Gasteiger partial charge in [-0.05, 0) is 13.3 Å². The van der Waals surface area contributed by atoms with E-state index in [2.05, 4.69) is 0 Å². The quantitative estimate of drug-likeness (QED) is 0.522. The van der Waals surface area contributed by atoms with E-state index in [9.17, 15) is 4.79 Å². The first-order chi connectivity index (χ1) is 7.71. The van der Waals surface area contributed by atoms with E-state index in [1.165, 1.54) is 0 Å². The number of carbonyl (C=O) groups excluding carboxylic acids is 1. The van der Waals surface area contributed by atoms with E-state index in [0.29, 0.717) is 39.5 Å². The van der Waals surface area contributed by atoms with Crippen LogP contribution in [-0.4, -0.2) is 50.2 Å². The average Bonchev–Trinajstić information content (AvgIpc) is 2.99. The Balaban J connectivity index is 2.10. The summed E-state index contributed by atoms with van der Waals surface area (Å²) in [5, 5.41) is 0. The van der Waals surface area contributed by atoms with Crippen LogP contribution in [0.2, 0.25) is 0 Å². The summed E-state index contributed by atoms with van der Waals surface area (Å²) in [6, 6.07) is 0. The van der Waals surface area contributed by atoms with Crippen LogP contribution in [0.5, 0.6) is 0 Å². The lowest BCUT2D eigenvalue weighted by Gasteiger charge is -2.15. The van der Waals surface area contributed by atoms with Gasteiger partial charge in [-0.1, -0.05) is 6.92 Å². The molecule has 1 spiro atoms. The fraction of sp³-hybridized carbons (Fsp3) is 0.909. The van der Waals surface area contributed by atoms with Crippen LogP contribution in [0, 0.1) is 0 Å². The van der Waals surface area contributed by atoms with Gasteiger partial charge in [0.05, 0.1) is 33.0 Å². The van der Waals surface area contributed by atoms with Gasteiger partial charge in [0.15, 0.2) is 11.2 Å². The van der Waals surface area contributed by atoms with E-state index < -0.39 is 11.2 Å². The molecule has 5 nitrogen and oxygen atoms in total. The molecule has 0 bridgehead atoms. The van der Waals surface area contributed by atoms with Crippen molar-refractivity contribution < 1.29 is 23.7 Å². The van der Waals surface area contributed by atoms with E-state index in [1.807, 2.05) is 6.92 Å². The Kier molecular flexibility index (Phi) is 3.19. The number of epoxide rings is 1. The molecule has 5 heteroatoms. The summed E-state index contributed by atoms with van der Waals surface area (Å²) >= 11 is 0. The minimum Gasteiger partial charge on any atom is -0.464 e. The number of hydrogen-bond donors (Lipinski definition) is 0. The molecule has 1 unspecified atom stereocenters. The molecule has 0 aromatic rings. The second-order valence-electron chi connectivity index (χ2n) is 4.10. The van der Waals surface area contributed by atoms with Crippen molar-refractivity contribution in [2.45, 2.75) is 31.5 Å². The Labute approximate surface area is 95.0 Å². The monoisotopic (exact) mass is 230 g/mol. The van der Waals surface area contributed by atoms with Crippen LogP contribution in [0.25, 0.3) is 0 Å². The van der Waals surface area contributed by atoms with Crippen molar-refractivity contribution in [2.24, 2.45) is 0 Å². The van der Waals surface area contributed by atoms with Gasteiger partial charge in [-0.25, -0.2) is 4.79 Å². The zero-order valence-corrected chi connectivity index (χ0v) is 9.78. The molecule has 0 aromatic carbocycles. The molecule has 0 amide bonds. The summed E-state index contributed by atoms with van der Waals surface area (Å²) < 4.78 is 21.5. The molecule has 2 heterocycles. The zero-order chi connectivity index (χ0) is 11.6. The Morgan fingerprint density at radius 2 is 1.88 bits per heavy atom. The molecule has 2 saturated heterocycles. The van der Waals surface area contributed by atoms with Gasteiger partial charge < -0.3 is 18.9 Å². The number of esters is 1. The van der Waals surface area contributed by atoms with Crippen molar-refractivity contribution in [1.29, 1.82) is 0 Å². The van der Waals surface area contributed by atoms with Gasteiger partial charge in [-0.2, -0.15) is 0 Å². The first-order valence-electron chi connectivity index (χ1n) is 5.73. The van der Waals surface area contributed by atoms with Gasteiger partial charge in [0.1, 0.15) is 0 Å². The van der Waals surface area contributed by atoms with E-state index in [1.54, 1.807) is 6.92 Å². The normalized spacial score (nSPS) is 32.1. The number of ether oxygens (including phenoxy) is 4. The third-order valence-corrected chi connectivity index (χ3v) is 3.21. The fourth-order valence-electron chi connectivity index (χ4n) is 2.25. The predicted octanol–water partition coefficient (Wildman–Crippen LogP) is 0.514. The number of carbonyl (C=O) groups is 1. The topological polar surface area (TPSA) is 57.3 Å². The molecular formula is C11H18O5. The minimum atomic E-state index is -0.854. The minimum absolute atomic E-state index is 0.299. The van der Waals surface area contributed by atoms with E-state index >= 15 is 0 Å². The van der Waals surface area contributed by atoms with Crippen molar-refractivity contribution >= 4 is 5.97 Å². The van der Waals surface area contributed by atoms with Crippen molar-refractivity contribution in [3.63, 3.8) is 0 Å². The molecular weight excluding hydrogens is 212 g/mol. The molecule has 2 aliphatic heterocycles. The second-order valence-corrected chi connectivity index (χ2v) is 4.10. The van der Waals surface area contributed by atoms with Gasteiger partial charge in [0.2, 0.25) is 0 Å². The van der Waals surface area contributed by atoms with Crippen LogP contribution in [0.15, 0.2) is 0 Å². The van der Waals surface area contributed by atoms with Crippen molar-refractivity contribution in [2.75, 3.05) is 33.0 Å². The molecule has 2 fully saturated rings. The number of rotatable bonds is 3. The predicted molar refractivity (Wildman–Crippen MR) is 55.1 cm³/mol. The lowest BCUT2D eigenvalue weighted by atomic mass is 9.91. The highest BCUT2D eigenvalue weighted by Gasteiger charge is 2.75. The highest BCUT2D eigenvalue weighted by Crippen LogP contribution is 2.52. The summed E-state index contributed by atoms with van der Waals surface area (Å²) in [7, 11) is 0. The standard InChI is InChI=1S/C11H18O5/c1-3-11(9(12)15-4-2)10(16-11)7-13-5-6-14-8-10/h3-8H2,1-2H3. The molecule has 16 heavy (non-hydrogen) atoms. The van der Waals surface area contributed by atoms with Crippen LogP contribution in [0.3, 0.4) is 0 Å². The molecule has 0 radical (unpaired) electrons. The van der Waals surface area contributed by atoms with Crippen molar-refractivity contribution in [3.05, 3.63) is 0 Å². The Morgan fingerprint density at radius 1 is 1.25 bits per heavy atom. The van der Waals surface area contributed by atoms with Crippen LogP contribution >= 0.6 is 0 Å². The average molecular weight is 230 g/mol. The van der Waals surface area contributed by atoms with Crippen LogP contribution in [0.4, 0.5) is 0 Å². The lowest BCUT2D eigenvalue weighted by molar-refractivity contribution is -0.149. The summed E-state index contributed by atoms with van der Waals surface area (Å²) in [6.07, 6.45) is 0.582. The fourth-order valence-corrected chi connectivity index (χ4v) is 2.25. The molecule has 92 valence electrons. The zero-order valence-electron chi connectivity index (χ0n) is 9.78. The van der Waals surface area contributed by atoms with Crippen LogP contribution in [0.1, 0.15) is 20.3 Å². The third-order valence-electron chi connectivity index (χ3n) is 3.21. The highest BCUT2D eigenvalue weighted by molar-refractivity contribution is 5.85. The first-order valence-corrected chi connectivity index (χ1v) is 5.73. The van der Waals surface area contributed by atoms with Gasteiger partial charge in [-0.3, -0.25) is 0 Å². The molecule has 2 rings (SSSR count). The smallest absolute Gasteiger partial charge is 0.341 e. The molecule has 0 N–H and O–H groups in total. The SMILES string of the molecule is CCOC(=O)C1(CC)OC12COCCOC2. The second kappa shape index (κ2) is 4.31. The van der Waals surface area contributed by atoms with E-state index in [-0.39, 0.29) is 5.97 Å². The maximum absolute atomic E-state index is 11.9. The van der Waals surface area contributed by atoms with Crippen LogP contribution in [-0.2, 0) is 23.7 Å². The van der Waals surface area contributed by atoms with Gasteiger partial charge in [0, 0.05) is 0 Å². The Morgan fingerprint density at radius 3 is 2.38 bits per heavy atom. The molecule has 0 aliphatic carbocycles. The van der Waals surface area contributed by atoms with Crippen molar-refractivity contribution in [3.8, 4) is 0 Å².